The minimum absolute atomic E-state index is 0. The van der Waals surface area contributed by atoms with Crippen molar-refractivity contribution in [2.75, 3.05) is 12.4 Å². The topological polar surface area (TPSA) is 26.3 Å². The van der Waals surface area contributed by atoms with E-state index in [-0.39, 0.29) is 29.9 Å². The van der Waals surface area contributed by atoms with Gasteiger partial charge < -0.3 is 4.74 Å². The van der Waals surface area contributed by atoms with Crippen molar-refractivity contribution < 1.29 is 9.53 Å². The van der Waals surface area contributed by atoms with Gasteiger partial charge in [0.2, 0.25) is 0 Å². The maximum Gasteiger partial charge on any atom is 0.302 e. The maximum absolute atomic E-state index is 9.82. The third-order valence-corrected chi connectivity index (χ3v) is 1.18. The summed E-state index contributed by atoms with van der Waals surface area (Å²) >= 11 is 4.00. The zero-order valence-electron chi connectivity index (χ0n) is 8.09. The number of esters is 1. The minimum Gasteiger partial charge on any atom is -0.466 e. The van der Waals surface area contributed by atoms with Gasteiger partial charge in [0.05, 0.1) is 6.61 Å². The fourth-order valence-corrected chi connectivity index (χ4v) is 0.678. The molecule has 0 spiro atoms. The maximum atomic E-state index is 9.82. The molecule has 72 valence electrons. The van der Waals surface area contributed by atoms with Gasteiger partial charge in [-0.2, -0.15) is 12.6 Å². The first kappa shape index (κ1) is 18.4. The molecule has 2 nitrogen and oxygen atoms in total. The molecule has 0 N–H and O–H groups in total. The van der Waals surface area contributed by atoms with E-state index in [1.165, 1.54) is 19.8 Å². The number of hydrogen-bond acceptors (Lipinski definition) is 3. The summed E-state index contributed by atoms with van der Waals surface area (Å²) in [7, 11) is 0. The van der Waals surface area contributed by atoms with Crippen molar-refractivity contribution >= 4 is 42.5 Å². The van der Waals surface area contributed by atoms with Crippen LogP contribution in [0.1, 0.15) is 33.6 Å². The van der Waals surface area contributed by atoms with Crippen LogP contribution in [0.4, 0.5) is 0 Å². The largest absolute Gasteiger partial charge is 0.466 e. The molecular formula is C8H18O2SSn. The fraction of sp³-hybridized carbons (Fsp3) is 0.875. The van der Waals surface area contributed by atoms with Gasteiger partial charge in [-0.05, 0) is 19.1 Å². The Bertz CT molecular complexity index is 87.1. The van der Waals surface area contributed by atoms with E-state index in [1.54, 1.807) is 6.92 Å². The predicted octanol–water partition coefficient (Wildman–Crippen LogP) is 1.90. The second-order valence-electron chi connectivity index (χ2n) is 2.00. The van der Waals surface area contributed by atoms with E-state index >= 15 is 0 Å². The molecule has 0 aliphatic rings. The van der Waals surface area contributed by atoms with Crippen molar-refractivity contribution in [3.8, 4) is 0 Å². The number of unbranched alkanes of at least 4 members (excludes halogenated alkanes) is 1. The normalized spacial score (nSPS) is 7.33. The molecule has 0 aliphatic heterocycles. The molecule has 0 aromatic rings. The van der Waals surface area contributed by atoms with Crippen LogP contribution in [0.2, 0.25) is 0 Å². The van der Waals surface area contributed by atoms with E-state index < -0.39 is 0 Å². The molecule has 0 aliphatic carbocycles. The molecule has 12 heavy (non-hydrogen) atoms. The second kappa shape index (κ2) is 17.6. The molecule has 0 atom stereocenters. The Kier molecular flexibility index (Phi) is 27.1. The Labute approximate surface area is 97.8 Å². The zero-order valence-corrected chi connectivity index (χ0v) is 11.8. The quantitative estimate of drug-likeness (QED) is 0.489. The standard InChI is InChI=1S/C4H8O2.C4H10S.Sn/c1-3-6-4(2)5;1-2-3-4-5;/h3H2,1-2H3;5H,2-4H2,1H3;. The predicted molar refractivity (Wildman–Crippen MR) is 56.8 cm³/mol. The molecule has 0 amide bonds. The van der Waals surface area contributed by atoms with Crippen LogP contribution in [0.3, 0.4) is 0 Å². The Morgan fingerprint density at radius 2 is 1.92 bits per heavy atom. The van der Waals surface area contributed by atoms with Gasteiger partial charge in [-0.25, -0.2) is 0 Å². The summed E-state index contributed by atoms with van der Waals surface area (Å²) in [6.07, 6.45) is 2.52. The van der Waals surface area contributed by atoms with Gasteiger partial charge in [0, 0.05) is 30.8 Å². The number of carbonyl (C=O) groups is 1. The van der Waals surface area contributed by atoms with Crippen LogP contribution in [-0.2, 0) is 9.53 Å². The number of hydrogen-bond donors (Lipinski definition) is 1. The van der Waals surface area contributed by atoms with E-state index in [9.17, 15) is 4.79 Å². The molecule has 0 bridgehead atoms. The first-order valence-corrected chi connectivity index (χ1v) is 4.56. The second-order valence-corrected chi connectivity index (χ2v) is 2.45. The van der Waals surface area contributed by atoms with E-state index in [0.717, 1.165) is 5.75 Å². The Morgan fingerprint density at radius 1 is 1.42 bits per heavy atom. The molecule has 0 saturated carbocycles. The van der Waals surface area contributed by atoms with Crippen molar-refractivity contribution in [1.29, 1.82) is 0 Å². The summed E-state index contributed by atoms with van der Waals surface area (Å²) in [6, 6.07) is 0. The molecular weight excluding hydrogens is 279 g/mol. The molecule has 0 fully saturated rings. The summed E-state index contributed by atoms with van der Waals surface area (Å²) in [4.78, 5) is 9.82. The van der Waals surface area contributed by atoms with Crippen LogP contribution < -0.4 is 0 Å². The molecule has 0 heterocycles. The van der Waals surface area contributed by atoms with Gasteiger partial charge >= 0.3 is 5.97 Å². The minimum atomic E-state index is -0.211. The van der Waals surface area contributed by atoms with Crippen LogP contribution in [-0.4, -0.2) is 42.2 Å². The van der Waals surface area contributed by atoms with E-state index in [2.05, 4.69) is 24.3 Å². The summed E-state index contributed by atoms with van der Waals surface area (Å²) < 4.78 is 4.40. The third-order valence-electron chi connectivity index (χ3n) is 0.859. The summed E-state index contributed by atoms with van der Waals surface area (Å²) in [5, 5.41) is 0. The van der Waals surface area contributed by atoms with Gasteiger partial charge in [-0.1, -0.05) is 13.3 Å². The summed E-state index contributed by atoms with van der Waals surface area (Å²) in [6.45, 7) is 5.82. The Morgan fingerprint density at radius 3 is 1.92 bits per heavy atom. The number of carbonyl (C=O) groups excluding carboxylic acids is 1. The molecule has 0 unspecified atom stereocenters. The molecule has 0 aromatic carbocycles. The first-order chi connectivity index (χ1) is 5.18. The van der Waals surface area contributed by atoms with Crippen LogP contribution in [0, 0.1) is 0 Å². The van der Waals surface area contributed by atoms with E-state index in [0.29, 0.717) is 6.61 Å². The fourth-order valence-electron chi connectivity index (χ4n) is 0.361. The molecule has 4 radical (unpaired) electrons. The van der Waals surface area contributed by atoms with Crippen LogP contribution in [0.15, 0.2) is 0 Å². The van der Waals surface area contributed by atoms with Gasteiger partial charge in [-0.3, -0.25) is 4.79 Å². The Hall–Kier alpha value is 0.619. The van der Waals surface area contributed by atoms with E-state index in [1.807, 2.05) is 0 Å². The summed E-state index contributed by atoms with van der Waals surface area (Å²) in [5.74, 6) is 0.828. The monoisotopic (exact) mass is 298 g/mol. The molecule has 4 heteroatoms. The Balaban J connectivity index is -0.000000126. The average Bonchev–Trinajstić information content (AvgIpc) is 1.90. The average molecular weight is 297 g/mol. The van der Waals surface area contributed by atoms with Crippen molar-refractivity contribution in [1.82, 2.24) is 0 Å². The first-order valence-electron chi connectivity index (χ1n) is 3.93. The third kappa shape index (κ3) is 31.1. The molecule has 0 aromatic heterocycles. The van der Waals surface area contributed by atoms with Crippen LogP contribution >= 0.6 is 12.6 Å². The smallest absolute Gasteiger partial charge is 0.302 e. The van der Waals surface area contributed by atoms with Crippen molar-refractivity contribution in [3.05, 3.63) is 0 Å². The molecule has 0 saturated heterocycles. The number of thiol groups is 1. The van der Waals surface area contributed by atoms with Crippen molar-refractivity contribution in [3.63, 3.8) is 0 Å². The van der Waals surface area contributed by atoms with Crippen molar-refractivity contribution in [2.24, 2.45) is 0 Å². The van der Waals surface area contributed by atoms with Crippen molar-refractivity contribution in [2.45, 2.75) is 33.6 Å². The van der Waals surface area contributed by atoms with Crippen LogP contribution in [0.25, 0.3) is 0 Å². The van der Waals surface area contributed by atoms with Gasteiger partial charge in [0.1, 0.15) is 0 Å². The van der Waals surface area contributed by atoms with Gasteiger partial charge in [0.15, 0.2) is 0 Å². The summed E-state index contributed by atoms with van der Waals surface area (Å²) in [5.41, 5.74) is 0. The molecule has 0 rings (SSSR count). The number of ether oxygens (including phenoxy) is 1. The van der Waals surface area contributed by atoms with Gasteiger partial charge in [0.25, 0.3) is 0 Å². The SMILES string of the molecule is CCCCS.CCOC(C)=O.[Sn]. The van der Waals surface area contributed by atoms with Crippen LogP contribution in [0.5, 0.6) is 0 Å². The number of rotatable bonds is 3. The zero-order chi connectivity index (χ0) is 9.11. The van der Waals surface area contributed by atoms with Gasteiger partial charge in [-0.15, -0.1) is 0 Å². The van der Waals surface area contributed by atoms with E-state index in [4.69, 9.17) is 0 Å².